The number of aromatic amines is 1. The highest BCUT2D eigenvalue weighted by molar-refractivity contribution is 5.77. The standard InChI is InChI=1S/C15H20FN3O/c1-9-4-12-13(5-10(9)2)18-15(17-12)8-20-14-7-19(3)6-11(14)16/h4-5,11,14H,6-8H2,1-3H3,(H,17,18)/t11-,14+/m1/s1. The quantitative estimate of drug-likeness (QED) is 0.936. The van der Waals surface area contributed by atoms with Crippen LogP contribution in [0.25, 0.3) is 11.0 Å². The largest absolute Gasteiger partial charge is 0.366 e. The second-order valence-corrected chi connectivity index (χ2v) is 5.72. The number of nitrogens with zero attached hydrogens (tertiary/aromatic N) is 2. The lowest BCUT2D eigenvalue weighted by Gasteiger charge is -2.12. The van der Waals surface area contributed by atoms with Gasteiger partial charge in [0.15, 0.2) is 0 Å². The summed E-state index contributed by atoms with van der Waals surface area (Å²) in [5, 5.41) is 0. The number of aromatic nitrogens is 2. The summed E-state index contributed by atoms with van der Waals surface area (Å²) >= 11 is 0. The van der Waals surface area contributed by atoms with Crippen LogP contribution in [-0.4, -0.2) is 47.3 Å². The fourth-order valence-electron chi connectivity index (χ4n) is 2.65. The van der Waals surface area contributed by atoms with Crippen LogP contribution in [0.15, 0.2) is 12.1 Å². The number of H-pyrrole nitrogens is 1. The highest BCUT2D eigenvalue weighted by atomic mass is 19.1. The number of ether oxygens (including phenoxy) is 1. The third kappa shape index (κ3) is 2.55. The van der Waals surface area contributed by atoms with Gasteiger partial charge in [-0.05, 0) is 44.2 Å². The molecule has 2 aromatic rings. The van der Waals surface area contributed by atoms with Crippen molar-refractivity contribution in [1.29, 1.82) is 0 Å². The molecule has 1 N–H and O–H groups in total. The van der Waals surface area contributed by atoms with Crippen LogP contribution in [0.4, 0.5) is 4.39 Å². The molecular weight excluding hydrogens is 257 g/mol. The Hall–Kier alpha value is -1.46. The van der Waals surface area contributed by atoms with Crippen LogP contribution in [0.3, 0.4) is 0 Å². The minimum atomic E-state index is -0.908. The Kier molecular flexibility index (Phi) is 3.48. The number of benzene rings is 1. The molecule has 0 radical (unpaired) electrons. The van der Waals surface area contributed by atoms with Gasteiger partial charge in [-0.1, -0.05) is 0 Å². The monoisotopic (exact) mass is 277 g/mol. The highest BCUT2D eigenvalue weighted by Crippen LogP contribution is 2.19. The van der Waals surface area contributed by atoms with Gasteiger partial charge < -0.3 is 14.6 Å². The zero-order chi connectivity index (χ0) is 14.3. The van der Waals surface area contributed by atoms with E-state index in [1.807, 2.05) is 11.9 Å². The van der Waals surface area contributed by atoms with Crippen LogP contribution in [0.5, 0.6) is 0 Å². The Morgan fingerprint density at radius 1 is 1.35 bits per heavy atom. The number of fused-ring (bicyclic) bond motifs is 1. The van der Waals surface area contributed by atoms with Gasteiger partial charge >= 0.3 is 0 Å². The van der Waals surface area contributed by atoms with Crippen molar-refractivity contribution in [3.8, 4) is 0 Å². The molecule has 2 heterocycles. The Morgan fingerprint density at radius 3 is 2.80 bits per heavy atom. The average molecular weight is 277 g/mol. The number of rotatable bonds is 3. The number of hydrogen-bond donors (Lipinski definition) is 1. The molecule has 1 aromatic heterocycles. The van der Waals surface area contributed by atoms with Crippen molar-refractivity contribution < 1.29 is 9.13 Å². The second kappa shape index (κ2) is 5.14. The molecule has 4 nitrogen and oxygen atoms in total. The molecule has 0 aliphatic carbocycles. The number of alkyl halides is 1. The van der Waals surface area contributed by atoms with Gasteiger partial charge in [-0.25, -0.2) is 9.37 Å². The Morgan fingerprint density at radius 2 is 2.10 bits per heavy atom. The fourth-order valence-corrected chi connectivity index (χ4v) is 2.65. The summed E-state index contributed by atoms with van der Waals surface area (Å²) in [7, 11) is 1.91. The molecule has 2 atom stereocenters. The van der Waals surface area contributed by atoms with E-state index in [0.717, 1.165) is 16.9 Å². The van der Waals surface area contributed by atoms with Crippen molar-refractivity contribution in [3.05, 3.63) is 29.1 Å². The Labute approximate surface area is 117 Å². The Balaban J connectivity index is 1.72. The molecule has 20 heavy (non-hydrogen) atoms. The summed E-state index contributed by atoms with van der Waals surface area (Å²) in [6.45, 7) is 5.56. The van der Waals surface area contributed by atoms with Crippen LogP contribution in [-0.2, 0) is 11.3 Å². The molecule has 0 amide bonds. The van der Waals surface area contributed by atoms with E-state index in [1.54, 1.807) is 0 Å². The smallest absolute Gasteiger partial charge is 0.140 e. The van der Waals surface area contributed by atoms with Crippen molar-refractivity contribution >= 4 is 11.0 Å². The molecule has 1 aliphatic heterocycles. The zero-order valence-electron chi connectivity index (χ0n) is 12.1. The number of likely N-dealkylation sites (tertiary alicyclic amines) is 1. The lowest BCUT2D eigenvalue weighted by molar-refractivity contribution is 0.00930. The number of likely N-dealkylation sites (N-methyl/N-ethyl adjacent to an activating group) is 1. The maximum atomic E-state index is 13.7. The fraction of sp³-hybridized carbons (Fsp3) is 0.533. The van der Waals surface area contributed by atoms with E-state index in [-0.39, 0.29) is 6.10 Å². The molecule has 1 aliphatic rings. The molecular formula is C15H20FN3O. The van der Waals surface area contributed by atoms with Gasteiger partial charge in [-0.2, -0.15) is 0 Å². The molecule has 0 unspecified atom stereocenters. The third-order valence-electron chi connectivity index (χ3n) is 3.96. The molecule has 5 heteroatoms. The van der Waals surface area contributed by atoms with E-state index in [9.17, 15) is 4.39 Å². The van der Waals surface area contributed by atoms with Crippen LogP contribution < -0.4 is 0 Å². The number of imidazole rings is 1. The van der Waals surface area contributed by atoms with E-state index in [0.29, 0.717) is 19.7 Å². The van der Waals surface area contributed by atoms with Crippen LogP contribution in [0, 0.1) is 13.8 Å². The first-order chi connectivity index (χ1) is 9.52. The van der Waals surface area contributed by atoms with Gasteiger partial charge in [-0.3, -0.25) is 0 Å². The van der Waals surface area contributed by atoms with Gasteiger partial charge in [0.05, 0.1) is 11.0 Å². The lowest BCUT2D eigenvalue weighted by Crippen LogP contribution is -2.23. The predicted molar refractivity (Wildman–Crippen MR) is 76.5 cm³/mol. The minimum absolute atomic E-state index is 0.325. The van der Waals surface area contributed by atoms with Gasteiger partial charge in [0.2, 0.25) is 0 Å². The molecule has 1 saturated heterocycles. The van der Waals surface area contributed by atoms with Crippen LogP contribution in [0.2, 0.25) is 0 Å². The predicted octanol–water partition coefficient (Wildman–Crippen LogP) is 2.35. The van der Waals surface area contributed by atoms with Crippen LogP contribution >= 0.6 is 0 Å². The van der Waals surface area contributed by atoms with Crippen molar-refractivity contribution in [3.63, 3.8) is 0 Å². The van der Waals surface area contributed by atoms with Gasteiger partial charge in [-0.15, -0.1) is 0 Å². The van der Waals surface area contributed by atoms with Crippen molar-refractivity contribution in [1.82, 2.24) is 14.9 Å². The highest BCUT2D eigenvalue weighted by Gasteiger charge is 2.31. The van der Waals surface area contributed by atoms with E-state index in [2.05, 4.69) is 35.9 Å². The first-order valence-electron chi connectivity index (χ1n) is 6.93. The van der Waals surface area contributed by atoms with Gasteiger partial charge in [0.1, 0.15) is 24.7 Å². The molecule has 3 rings (SSSR count). The molecule has 0 bridgehead atoms. The third-order valence-corrected chi connectivity index (χ3v) is 3.96. The summed E-state index contributed by atoms with van der Waals surface area (Å²) in [6, 6.07) is 4.15. The molecule has 108 valence electrons. The Bertz CT molecular complexity index is 586. The summed E-state index contributed by atoms with van der Waals surface area (Å²) in [5.41, 5.74) is 4.40. The second-order valence-electron chi connectivity index (χ2n) is 5.72. The topological polar surface area (TPSA) is 41.1 Å². The minimum Gasteiger partial charge on any atom is -0.366 e. The lowest BCUT2D eigenvalue weighted by atomic mass is 10.1. The zero-order valence-corrected chi connectivity index (χ0v) is 12.1. The van der Waals surface area contributed by atoms with Gasteiger partial charge in [0, 0.05) is 13.1 Å². The SMILES string of the molecule is Cc1cc2nc(CO[C@H]3CN(C)C[C@H]3F)[nH]c2cc1C. The maximum absolute atomic E-state index is 13.7. The maximum Gasteiger partial charge on any atom is 0.140 e. The van der Waals surface area contributed by atoms with Crippen molar-refractivity contribution in [2.45, 2.75) is 32.7 Å². The first-order valence-corrected chi connectivity index (χ1v) is 6.93. The molecule has 1 aromatic carbocycles. The number of hydrogen-bond acceptors (Lipinski definition) is 3. The number of nitrogens with one attached hydrogen (secondary N) is 1. The van der Waals surface area contributed by atoms with Crippen molar-refractivity contribution in [2.24, 2.45) is 0 Å². The molecule has 0 spiro atoms. The van der Waals surface area contributed by atoms with Crippen molar-refractivity contribution in [2.75, 3.05) is 20.1 Å². The van der Waals surface area contributed by atoms with E-state index >= 15 is 0 Å². The summed E-state index contributed by atoms with van der Waals surface area (Å²) in [4.78, 5) is 9.69. The summed E-state index contributed by atoms with van der Waals surface area (Å²) in [5.74, 6) is 0.756. The molecule has 1 fully saturated rings. The molecule has 0 saturated carbocycles. The normalized spacial score (nSPS) is 23.8. The summed E-state index contributed by atoms with van der Waals surface area (Å²) in [6.07, 6.45) is -1.26. The van der Waals surface area contributed by atoms with E-state index in [4.69, 9.17) is 4.74 Å². The van der Waals surface area contributed by atoms with Crippen LogP contribution in [0.1, 0.15) is 17.0 Å². The average Bonchev–Trinajstić information content (AvgIpc) is 2.90. The number of halogens is 1. The van der Waals surface area contributed by atoms with Gasteiger partial charge in [0.25, 0.3) is 0 Å². The van der Waals surface area contributed by atoms with E-state index < -0.39 is 6.17 Å². The number of aryl methyl sites for hydroxylation is 2. The first kappa shape index (κ1) is 13.5. The summed E-state index contributed by atoms with van der Waals surface area (Å²) < 4.78 is 19.3. The van der Waals surface area contributed by atoms with E-state index in [1.165, 1.54) is 11.1 Å².